The van der Waals surface area contributed by atoms with E-state index in [1.165, 1.54) is 12.1 Å². The van der Waals surface area contributed by atoms with Gasteiger partial charge in [-0.05, 0) is 24.3 Å². The number of rotatable bonds is 5. The van der Waals surface area contributed by atoms with E-state index in [1.54, 1.807) is 30.0 Å². The molecule has 1 aliphatic rings. The van der Waals surface area contributed by atoms with Crippen LogP contribution in [0.4, 0.5) is 13.2 Å². The summed E-state index contributed by atoms with van der Waals surface area (Å²) in [7, 11) is 0. The van der Waals surface area contributed by atoms with Crippen LogP contribution in [0.25, 0.3) is 0 Å². The molecule has 0 radical (unpaired) electrons. The molecule has 2 aromatic carbocycles. The third-order valence-corrected chi connectivity index (χ3v) is 4.97. The van der Waals surface area contributed by atoms with Gasteiger partial charge in [0.25, 0.3) is 0 Å². The minimum Gasteiger partial charge on any atom is -0.492 e. The first-order chi connectivity index (χ1) is 12.3. The van der Waals surface area contributed by atoms with Crippen molar-refractivity contribution in [2.45, 2.75) is 23.9 Å². The number of ketones is 2. The number of carbonyl (C=O) groups excluding carboxylic acids is 2. The third-order valence-electron chi connectivity index (χ3n) is 3.96. The topological polar surface area (TPSA) is 43.4 Å². The van der Waals surface area contributed by atoms with Crippen molar-refractivity contribution in [3.8, 4) is 5.75 Å². The molecule has 0 spiro atoms. The monoisotopic (exact) mass is 380 g/mol. The van der Waals surface area contributed by atoms with E-state index in [9.17, 15) is 22.8 Å². The Hall–Kier alpha value is -2.28. The van der Waals surface area contributed by atoms with E-state index in [2.05, 4.69) is 0 Å². The molecule has 0 bridgehead atoms. The van der Waals surface area contributed by atoms with Crippen molar-refractivity contribution in [3.63, 3.8) is 0 Å². The predicted octanol–water partition coefficient (Wildman–Crippen LogP) is 5.04. The van der Waals surface area contributed by atoms with Crippen LogP contribution >= 0.6 is 11.8 Å². The van der Waals surface area contributed by atoms with Gasteiger partial charge >= 0.3 is 6.18 Å². The normalized spacial score (nSPS) is 13.7. The molecule has 3 rings (SSSR count). The maximum atomic E-state index is 12.7. The van der Waals surface area contributed by atoms with E-state index >= 15 is 0 Å². The van der Waals surface area contributed by atoms with Crippen molar-refractivity contribution in [2.24, 2.45) is 0 Å². The van der Waals surface area contributed by atoms with E-state index in [0.29, 0.717) is 17.9 Å². The molecular formula is C19H15F3O3S. The van der Waals surface area contributed by atoms with Crippen LogP contribution in [0.3, 0.4) is 0 Å². The zero-order valence-electron chi connectivity index (χ0n) is 13.6. The van der Waals surface area contributed by atoms with Gasteiger partial charge < -0.3 is 4.74 Å². The summed E-state index contributed by atoms with van der Waals surface area (Å²) in [5.74, 6) is 0.768. The molecule has 3 nitrogen and oxygen atoms in total. The average molecular weight is 380 g/mol. The van der Waals surface area contributed by atoms with Gasteiger partial charge in [0.1, 0.15) is 5.75 Å². The van der Waals surface area contributed by atoms with Crippen LogP contribution in [-0.2, 0) is 6.18 Å². The molecule has 0 aromatic heterocycles. The highest BCUT2D eigenvalue weighted by molar-refractivity contribution is 7.99. The summed E-state index contributed by atoms with van der Waals surface area (Å²) in [5.41, 5.74) is -0.486. The van der Waals surface area contributed by atoms with Gasteiger partial charge in [-0.3, -0.25) is 9.59 Å². The Kier molecular flexibility index (Phi) is 5.36. The molecule has 0 N–H and O–H groups in total. The van der Waals surface area contributed by atoms with Crippen LogP contribution in [-0.4, -0.2) is 23.9 Å². The zero-order chi connectivity index (χ0) is 18.7. The minimum absolute atomic E-state index is 0.0437. The molecule has 0 saturated carbocycles. The number of alkyl halides is 3. The van der Waals surface area contributed by atoms with Crippen LogP contribution < -0.4 is 4.74 Å². The summed E-state index contributed by atoms with van der Waals surface area (Å²) in [5, 5.41) is 0. The van der Waals surface area contributed by atoms with Crippen molar-refractivity contribution in [1.29, 1.82) is 0 Å². The van der Waals surface area contributed by atoms with E-state index in [-0.39, 0.29) is 24.2 Å². The van der Waals surface area contributed by atoms with E-state index in [0.717, 1.165) is 22.8 Å². The van der Waals surface area contributed by atoms with Crippen molar-refractivity contribution in [3.05, 3.63) is 59.2 Å². The fourth-order valence-electron chi connectivity index (χ4n) is 2.60. The number of hydrogen-bond donors (Lipinski definition) is 0. The summed E-state index contributed by atoms with van der Waals surface area (Å²) in [6.07, 6.45) is -4.72. The van der Waals surface area contributed by atoms with Gasteiger partial charge in [0.15, 0.2) is 11.6 Å². The van der Waals surface area contributed by atoms with Crippen LogP contribution in [0, 0.1) is 0 Å². The highest BCUT2D eigenvalue weighted by Gasteiger charge is 2.30. The first-order valence-electron chi connectivity index (χ1n) is 7.98. The molecule has 1 heterocycles. The molecule has 0 amide bonds. The molecule has 26 heavy (non-hydrogen) atoms. The second kappa shape index (κ2) is 7.53. The van der Waals surface area contributed by atoms with Crippen LogP contribution in [0.2, 0.25) is 0 Å². The van der Waals surface area contributed by atoms with E-state index < -0.39 is 17.5 Å². The highest BCUT2D eigenvalue weighted by atomic mass is 32.2. The lowest BCUT2D eigenvalue weighted by Gasteiger charge is -2.17. The minimum atomic E-state index is -4.51. The van der Waals surface area contributed by atoms with Gasteiger partial charge in [-0.2, -0.15) is 13.2 Å². The number of ether oxygens (including phenoxy) is 1. The lowest BCUT2D eigenvalue weighted by molar-refractivity contribution is -0.137. The quantitative estimate of drug-likeness (QED) is 0.682. The zero-order valence-corrected chi connectivity index (χ0v) is 14.5. The summed E-state index contributed by atoms with van der Waals surface area (Å²) in [6, 6.07) is 9.38. The predicted molar refractivity (Wildman–Crippen MR) is 92.0 cm³/mol. The number of Topliss-reactive ketones (excluding diaryl/α,β-unsaturated/α-hetero) is 2. The lowest BCUT2D eigenvalue weighted by Crippen LogP contribution is -2.10. The maximum absolute atomic E-state index is 12.7. The molecule has 1 aliphatic heterocycles. The SMILES string of the molecule is O=C(CCC(=O)c1ccc2c(c1)OCCS2)c1cccc(C(F)(F)F)c1. The van der Waals surface area contributed by atoms with Gasteiger partial charge in [-0.25, -0.2) is 0 Å². The Morgan fingerprint density at radius 3 is 2.38 bits per heavy atom. The Morgan fingerprint density at radius 1 is 1.00 bits per heavy atom. The average Bonchev–Trinajstić information content (AvgIpc) is 2.64. The Morgan fingerprint density at radius 2 is 1.69 bits per heavy atom. The Bertz CT molecular complexity index is 846. The fraction of sp³-hybridized carbons (Fsp3) is 0.263. The second-order valence-electron chi connectivity index (χ2n) is 5.78. The first kappa shape index (κ1) is 18.5. The number of hydrogen-bond acceptors (Lipinski definition) is 4. The third kappa shape index (κ3) is 4.27. The van der Waals surface area contributed by atoms with Crippen molar-refractivity contribution < 1.29 is 27.5 Å². The molecule has 0 unspecified atom stereocenters. The molecule has 0 fully saturated rings. The van der Waals surface area contributed by atoms with E-state index in [1.807, 2.05) is 0 Å². The Balaban J connectivity index is 1.65. The summed E-state index contributed by atoms with van der Waals surface area (Å²) < 4.78 is 43.7. The number of carbonyl (C=O) groups is 2. The number of thioether (sulfide) groups is 1. The van der Waals surface area contributed by atoms with Crippen LogP contribution in [0.1, 0.15) is 39.1 Å². The van der Waals surface area contributed by atoms with E-state index in [4.69, 9.17) is 4.74 Å². The molecule has 0 aliphatic carbocycles. The van der Waals surface area contributed by atoms with Crippen molar-refractivity contribution >= 4 is 23.3 Å². The van der Waals surface area contributed by atoms with Gasteiger partial charge in [-0.15, -0.1) is 11.8 Å². The number of halogens is 3. The summed E-state index contributed by atoms with van der Waals surface area (Å²) >= 11 is 1.65. The molecule has 0 saturated heterocycles. The van der Waals surface area contributed by atoms with Crippen molar-refractivity contribution in [1.82, 2.24) is 0 Å². The smallest absolute Gasteiger partial charge is 0.416 e. The largest absolute Gasteiger partial charge is 0.492 e. The van der Waals surface area contributed by atoms with Gasteiger partial charge in [0, 0.05) is 34.6 Å². The first-order valence-corrected chi connectivity index (χ1v) is 8.96. The lowest BCUT2D eigenvalue weighted by atomic mass is 10.00. The molecule has 0 atom stereocenters. The number of benzene rings is 2. The second-order valence-corrected chi connectivity index (χ2v) is 6.92. The molecule has 2 aromatic rings. The fourth-order valence-corrected chi connectivity index (χ4v) is 3.41. The molecule has 136 valence electrons. The highest BCUT2D eigenvalue weighted by Crippen LogP contribution is 2.34. The molecule has 7 heteroatoms. The van der Waals surface area contributed by atoms with Crippen LogP contribution in [0.5, 0.6) is 5.75 Å². The summed E-state index contributed by atoms with van der Waals surface area (Å²) in [6.45, 7) is 0.573. The standard InChI is InChI=1S/C19H15F3O3S/c20-19(21,22)14-3-1-2-12(10-14)15(23)5-6-16(24)13-4-7-18-17(11-13)25-8-9-26-18/h1-4,7,10-11H,5-6,8-9H2. The van der Waals surface area contributed by atoms with Gasteiger partial charge in [0.2, 0.25) is 0 Å². The number of fused-ring (bicyclic) bond motifs is 1. The maximum Gasteiger partial charge on any atom is 0.416 e. The van der Waals surface area contributed by atoms with Crippen molar-refractivity contribution in [2.75, 3.05) is 12.4 Å². The summed E-state index contributed by atoms with van der Waals surface area (Å²) in [4.78, 5) is 25.4. The van der Waals surface area contributed by atoms with Crippen LogP contribution in [0.15, 0.2) is 47.4 Å². The molecular weight excluding hydrogens is 365 g/mol. The van der Waals surface area contributed by atoms with Gasteiger partial charge in [0.05, 0.1) is 12.2 Å². The Labute approximate surface area is 152 Å². The van der Waals surface area contributed by atoms with Gasteiger partial charge in [-0.1, -0.05) is 18.2 Å².